The molecule has 1 saturated carbocycles. The quantitative estimate of drug-likeness (QED) is 0.876. The molecule has 2 atom stereocenters. The first-order valence-corrected chi connectivity index (χ1v) is 7.33. The lowest BCUT2D eigenvalue weighted by Crippen LogP contribution is -2.30. The molecule has 2 N–H and O–H groups in total. The van der Waals surface area contributed by atoms with E-state index in [1.165, 1.54) is 30.4 Å². The van der Waals surface area contributed by atoms with Crippen LogP contribution in [0.15, 0.2) is 18.2 Å². The molecule has 2 unspecified atom stereocenters. The van der Waals surface area contributed by atoms with Crippen LogP contribution in [-0.2, 0) is 17.6 Å². The van der Waals surface area contributed by atoms with Crippen LogP contribution in [-0.4, -0.2) is 17.1 Å². The molecule has 1 fully saturated rings. The summed E-state index contributed by atoms with van der Waals surface area (Å²) >= 11 is 0. The molecule has 2 aliphatic carbocycles. The van der Waals surface area contributed by atoms with Gasteiger partial charge < -0.3 is 10.4 Å². The maximum absolute atomic E-state index is 11.1. The molecule has 0 radical (unpaired) electrons. The first-order valence-electron chi connectivity index (χ1n) is 7.33. The van der Waals surface area contributed by atoms with E-state index in [0.29, 0.717) is 6.04 Å². The lowest BCUT2D eigenvalue weighted by Gasteiger charge is -2.28. The van der Waals surface area contributed by atoms with Gasteiger partial charge in [-0.15, -0.1) is 0 Å². The maximum Gasteiger partial charge on any atom is 0.306 e. The molecule has 0 amide bonds. The monoisotopic (exact) mass is 259 g/mol. The van der Waals surface area contributed by atoms with Crippen molar-refractivity contribution in [3.8, 4) is 0 Å². The zero-order chi connectivity index (χ0) is 13.2. The van der Waals surface area contributed by atoms with Gasteiger partial charge in [-0.05, 0) is 61.8 Å². The number of benzene rings is 1. The SMILES string of the molecule is O=C(O)C1CCCC(Nc2ccc3c(c2)CCC3)C1. The molecule has 3 heteroatoms. The van der Waals surface area contributed by atoms with Gasteiger partial charge in [0.1, 0.15) is 0 Å². The minimum atomic E-state index is -0.638. The van der Waals surface area contributed by atoms with Crippen molar-refractivity contribution in [2.75, 3.05) is 5.32 Å². The number of anilines is 1. The largest absolute Gasteiger partial charge is 0.481 e. The van der Waals surface area contributed by atoms with Crippen LogP contribution in [0, 0.1) is 5.92 Å². The van der Waals surface area contributed by atoms with Gasteiger partial charge in [-0.25, -0.2) is 0 Å². The van der Waals surface area contributed by atoms with E-state index in [0.717, 1.165) is 31.4 Å². The van der Waals surface area contributed by atoms with Gasteiger partial charge >= 0.3 is 5.97 Å². The van der Waals surface area contributed by atoms with E-state index in [1.54, 1.807) is 0 Å². The van der Waals surface area contributed by atoms with Gasteiger partial charge in [0.2, 0.25) is 0 Å². The van der Waals surface area contributed by atoms with Gasteiger partial charge in [-0.1, -0.05) is 12.5 Å². The van der Waals surface area contributed by atoms with Crippen LogP contribution in [0.3, 0.4) is 0 Å². The highest BCUT2D eigenvalue weighted by Gasteiger charge is 2.26. The molecule has 0 bridgehead atoms. The molecule has 1 aromatic rings. The fourth-order valence-electron chi connectivity index (χ4n) is 3.44. The zero-order valence-electron chi connectivity index (χ0n) is 11.2. The Bertz CT molecular complexity index is 484. The summed E-state index contributed by atoms with van der Waals surface area (Å²) in [5.74, 6) is -0.805. The van der Waals surface area contributed by atoms with Crippen LogP contribution in [0.25, 0.3) is 0 Å². The van der Waals surface area contributed by atoms with Crippen LogP contribution >= 0.6 is 0 Å². The fraction of sp³-hybridized carbons (Fsp3) is 0.562. The van der Waals surface area contributed by atoms with E-state index in [4.69, 9.17) is 5.11 Å². The Morgan fingerprint density at radius 1 is 1.16 bits per heavy atom. The fourth-order valence-corrected chi connectivity index (χ4v) is 3.44. The van der Waals surface area contributed by atoms with Crippen molar-refractivity contribution in [1.82, 2.24) is 0 Å². The van der Waals surface area contributed by atoms with Gasteiger partial charge in [0.05, 0.1) is 5.92 Å². The lowest BCUT2D eigenvalue weighted by atomic mass is 9.85. The number of carbonyl (C=O) groups is 1. The Kier molecular flexibility index (Phi) is 3.45. The Morgan fingerprint density at radius 3 is 2.84 bits per heavy atom. The average molecular weight is 259 g/mol. The molecule has 0 aliphatic heterocycles. The minimum absolute atomic E-state index is 0.166. The third-order valence-corrected chi connectivity index (χ3v) is 4.49. The maximum atomic E-state index is 11.1. The Labute approximate surface area is 114 Å². The van der Waals surface area contributed by atoms with Gasteiger partial charge in [0, 0.05) is 11.7 Å². The molecule has 0 saturated heterocycles. The van der Waals surface area contributed by atoms with Crippen LogP contribution < -0.4 is 5.32 Å². The van der Waals surface area contributed by atoms with Crippen LogP contribution in [0.5, 0.6) is 0 Å². The predicted octanol–water partition coefficient (Wildman–Crippen LogP) is 3.23. The summed E-state index contributed by atoms with van der Waals surface area (Å²) in [4.78, 5) is 11.1. The number of hydrogen-bond acceptors (Lipinski definition) is 2. The Morgan fingerprint density at radius 2 is 2.00 bits per heavy atom. The van der Waals surface area contributed by atoms with Crippen molar-refractivity contribution < 1.29 is 9.90 Å². The number of carboxylic acid groups (broad SMARTS) is 1. The molecule has 0 aromatic heterocycles. The van der Waals surface area contributed by atoms with Crippen LogP contribution in [0.1, 0.15) is 43.2 Å². The second-order valence-corrected chi connectivity index (χ2v) is 5.88. The molecule has 2 aliphatic rings. The zero-order valence-corrected chi connectivity index (χ0v) is 11.2. The van der Waals surface area contributed by atoms with Crippen molar-refractivity contribution in [1.29, 1.82) is 0 Å². The van der Waals surface area contributed by atoms with Gasteiger partial charge in [0.25, 0.3) is 0 Å². The Balaban J connectivity index is 1.66. The molecule has 102 valence electrons. The summed E-state index contributed by atoms with van der Waals surface area (Å²) in [7, 11) is 0. The van der Waals surface area contributed by atoms with Crippen molar-refractivity contribution in [3.05, 3.63) is 29.3 Å². The normalized spacial score (nSPS) is 25.9. The smallest absolute Gasteiger partial charge is 0.306 e. The standard InChI is InChI=1S/C16H21NO2/c18-16(19)13-5-2-6-14(10-13)17-15-8-7-11-3-1-4-12(11)9-15/h7-9,13-14,17H,1-6,10H2,(H,18,19). The van der Waals surface area contributed by atoms with Crippen LogP contribution in [0.4, 0.5) is 5.69 Å². The highest BCUT2D eigenvalue weighted by molar-refractivity contribution is 5.70. The highest BCUT2D eigenvalue weighted by atomic mass is 16.4. The molecular formula is C16H21NO2. The average Bonchev–Trinajstić information content (AvgIpc) is 2.86. The van der Waals surface area contributed by atoms with E-state index < -0.39 is 5.97 Å². The number of fused-ring (bicyclic) bond motifs is 1. The molecule has 1 aromatic carbocycles. The van der Waals surface area contributed by atoms with Crippen molar-refractivity contribution >= 4 is 11.7 Å². The second kappa shape index (κ2) is 5.24. The predicted molar refractivity (Wildman–Crippen MR) is 75.5 cm³/mol. The van der Waals surface area contributed by atoms with Crippen LogP contribution in [0.2, 0.25) is 0 Å². The molecular weight excluding hydrogens is 238 g/mol. The third-order valence-electron chi connectivity index (χ3n) is 4.49. The van der Waals surface area contributed by atoms with Gasteiger partial charge in [-0.3, -0.25) is 4.79 Å². The highest BCUT2D eigenvalue weighted by Crippen LogP contribution is 2.29. The number of aliphatic carboxylic acids is 1. The number of nitrogens with one attached hydrogen (secondary N) is 1. The van der Waals surface area contributed by atoms with Crippen molar-refractivity contribution in [2.45, 2.75) is 51.0 Å². The van der Waals surface area contributed by atoms with E-state index in [2.05, 4.69) is 23.5 Å². The summed E-state index contributed by atoms with van der Waals surface area (Å²) in [5, 5.41) is 12.7. The van der Waals surface area contributed by atoms with Gasteiger partial charge in [0.15, 0.2) is 0 Å². The van der Waals surface area contributed by atoms with E-state index in [-0.39, 0.29) is 5.92 Å². The number of rotatable bonds is 3. The minimum Gasteiger partial charge on any atom is -0.481 e. The van der Waals surface area contributed by atoms with Crippen molar-refractivity contribution in [3.63, 3.8) is 0 Å². The summed E-state index contributed by atoms with van der Waals surface area (Å²) in [6.07, 6.45) is 7.35. The Hall–Kier alpha value is -1.51. The first-order chi connectivity index (χ1) is 9.22. The summed E-state index contributed by atoms with van der Waals surface area (Å²) in [5.41, 5.74) is 4.12. The number of carboxylic acids is 1. The van der Waals surface area contributed by atoms with Gasteiger partial charge in [-0.2, -0.15) is 0 Å². The topological polar surface area (TPSA) is 49.3 Å². The molecule has 0 heterocycles. The van der Waals surface area contributed by atoms with E-state index in [9.17, 15) is 4.79 Å². The molecule has 19 heavy (non-hydrogen) atoms. The summed E-state index contributed by atoms with van der Waals surface area (Å²) in [6, 6.07) is 6.94. The van der Waals surface area contributed by atoms with Crippen molar-refractivity contribution in [2.24, 2.45) is 5.92 Å². The first kappa shape index (κ1) is 12.5. The van der Waals surface area contributed by atoms with E-state index >= 15 is 0 Å². The number of hydrogen-bond donors (Lipinski definition) is 2. The number of aryl methyl sites for hydroxylation is 2. The molecule has 3 nitrogen and oxygen atoms in total. The third kappa shape index (κ3) is 2.75. The second-order valence-electron chi connectivity index (χ2n) is 5.88. The summed E-state index contributed by atoms with van der Waals surface area (Å²) < 4.78 is 0. The summed E-state index contributed by atoms with van der Waals surface area (Å²) in [6.45, 7) is 0. The van der Waals surface area contributed by atoms with E-state index in [1.807, 2.05) is 0 Å². The lowest BCUT2D eigenvalue weighted by molar-refractivity contribution is -0.142. The molecule has 3 rings (SSSR count). The molecule has 0 spiro atoms.